The number of hydrogen-bond acceptors (Lipinski definition) is 12. The zero-order valence-corrected chi connectivity index (χ0v) is 21.5. The van der Waals surface area contributed by atoms with Gasteiger partial charge >= 0.3 is 0 Å². The average molecular weight is 553 g/mol. The average Bonchev–Trinajstić information content (AvgIpc) is 3.45. The number of anilines is 2. The number of benzene rings is 2. The molecule has 0 saturated heterocycles. The van der Waals surface area contributed by atoms with Crippen LogP contribution in [0.25, 0.3) is 0 Å². The molecule has 0 aliphatic carbocycles. The molecule has 35 heavy (non-hydrogen) atoms. The Bertz CT molecular complexity index is 1490. The number of carbonyl (C=O) groups is 1. The van der Waals surface area contributed by atoms with Gasteiger partial charge in [0.05, 0.1) is 11.5 Å². The highest BCUT2D eigenvalue weighted by molar-refractivity contribution is 7.93. The van der Waals surface area contributed by atoms with E-state index in [0.717, 1.165) is 28.2 Å². The fraction of sp³-hybridized carbons (Fsp3) is 0.150. The predicted octanol–water partition coefficient (Wildman–Crippen LogP) is 2.56. The summed E-state index contributed by atoms with van der Waals surface area (Å²) in [7, 11) is -6.96. The summed E-state index contributed by atoms with van der Waals surface area (Å²) < 4.78 is 47.8. The summed E-state index contributed by atoms with van der Waals surface area (Å²) in [4.78, 5) is 10.8. The molecule has 0 spiro atoms. The minimum atomic E-state index is -3.53. The van der Waals surface area contributed by atoms with Crippen LogP contribution < -0.4 is 11.1 Å². The number of hydrogen-bond donors (Lipinski definition) is 2. The largest absolute Gasteiger partial charge is 0.374 e. The second-order valence-electron chi connectivity index (χ2n) is 6.95. The van der Waals surface area contributed by atoms with Crippen LogP contribution >= 0.6 is 22.7 Å². The molecule has 15 heteroatoms. The maximum Gasteiger partial charge on any atom is 0.234 e. The molecule has 1 amide bonds. The van der Waals surface area contributed by atoms with E-state index in [0.29, 0.717) is 5.56 Å². The fourth-order valence-corrected chi connectivity index (χ4v) is 7.16. The van der Waals surface area contributed by atoms with Gasteiger partial charge in [0.25, 0.3) is 0 Å². The predicted molar refractivity (Wildman–Crippen MR) is 133 cm³/mol. The van der Waals surface area contributed by atoms with Crippen molar-refractivity contribution in [2.24, 2.45) is 0 Å². The third kappa shape index (κ3) is 7.88. The van der Waals surface area contributed by atoms with Gasteiger partial charge in [0.2, 0.25) is 44.5 Å². The lowest BCUT2D eigenvalue weighted by molar-refractivity contribution is -0.114. The van der Waals surface area contributed by atoms with Crippen LogP contribution in [0.1, 0.15) is 18.1 Å². The Morgan fingerprint density at radius 1 is 0.771 bits per heavy atom. The van der Waals surface area contributed by atoms with Crippen molar-refractivity contribution < 1.29 is 21.6 Å². The van der Waals surface area contributed by atoms with Crippen molar-refractivity contribution >= 4 is 58.5 Å². The standard InChI is InChI=1S/C11H11N3O3S2.C9H9N3O2S2/c1-8(15)12-10-13-14-11(18-10)19(16,17)7-9-5-3-2-4-6-9;10-8-11-12-9(15-8)16(13,14)6-7-4-2-1-3-5-7/h2-6H,7H2,1H3,(H,12,13,15);1-5H,6H2,(H2,10,11). The third-order valence-electron chi connectivity index (χ3n) is 4.04. The van der Waals surface area contributed by atoms with Crippen LogP contribution in [0, 0.1) is 0 Å². The number of rotatable bonds is 7. The number of carbonyl (C=O) groups excluding carboxylic acids is 1. The molecule has 0 aliphatic rings. The van der Waals surface area contributed by atoms with Gasteiger partial charge in [-0.15, -0.1) is 20.4 Å². The fourth-order valence-electron chi connectivity index (χ4n) is 2.59. The number of amides is 1. The van der Waals surface area contributed by atoms with Gasteiger partial charge in [0.15, 0.2) is 0 Å². The number of nitrogens with zero attached hydrogens (tertiary/aromatic N) is 4. The summed E-state index contributed by atoms with van der Waals surface area (Å²) in [6.45, 7) is 1.32. The van der Waals surface area contributed by atoms with E-state index in [9.17, 15) is 21.6 Å². The Morgan fingerprint density at radius 2 is 1.23 bits per heavy atom. The van der Waals surface area contributed by atoms with E-state index in [-0.39, 0.29) is 36.4 Å². The van der Waals surface area contributed by atoms with Crippen molar-refractivity contribution in [3.8, 4) is 0 Å². The van der Waals surface area contributed by atoms with Gasteiger partial charge in [-0.3, -0.25) is 4.79 Å². The van der Waals surface area contributed by atoms with Gasteiger partial charge in [-0.2, -0.15) is 0 Å². The van der Waals surface area contributed by atoms with Crippen LogP contribution in [0.2, 0.25) is 0 Å². The minimum absolute atomic E-state index is 0.0335. The molecular weight excluding hydrogens is 533 g/mol. The van der Waals surface area contributed by atoms with Crippen molar-refractivity contribution in [2.45, 2.75) is 27.1 Å². The molecule has 4 rings (SSSR count). The first-order valence-electron chi connectivity index (χ1n) is 9.78. The van der Waals surface area contributed by atoms with Crippen molar-refractivity contribution in [3.05, 3.63) is 71.8 Å². The maximum atomic E-state index is 12.1. The second-order valence-corrected chi connectivity index (χ2v) is 13.3. The monoisotopic (exact) mass is 552 g/mol. The Kier molecular flexibility index (Phi) is 8.61. The zero-order valence-electron chi connectivity index (χ0n) is 18.2. The van der Waals surface area contributed by atoms with Gasteiger partial charge in [-0.25, -0.2) is 16.8 Å². The lowest BCUT2D eigenvalue weighted by Gasteiger charge is -1.99. The van der Waals surface area contributed by atoms with Crippen molar-refractivity contribution in [1.82, 2.24) is 20.4 Å². The van der Waals surface area contributed by atoms with E-state index in [1.807, 2.05) is 12.1 Å². The minimum Gasteiger partial charge on any atom is -0.374 e. The molecule has 3 N–H and O–H groups in total. The van der Waals surface area contributed by atoms with Crippen LogP contribution in [-0.4, -0.2) is 43.1 Å². The van der Waals surface area contributed by atoms with Gasteiger partial charge in [0.1, 0.15) is 0 Å². The highest BCUT2D eigenvalue weighted by Crippen LogP contribution is 2.23. The second kappa shape index (κ2) is 11.4. The summed E-state index contributed by atoms with van der Waals surface area (Å²) in [6, 6.07) is 17.7. The molecular formula is C20H20N6O5S4. The quantitative estimate of drug-likeness (QED) is 0.324. The van der Waals surface area contributed by atoms with E-state index < -0.39 is 19.7 Å². The van der Waals surface area contributed by atoms with E-state index in [2.05, 4.69) is 25.7 Å². The maximum absolute atomic E-state index is 12.1. The van der Waals surface area contributed by atoms with Gasteiger partial charge in [-0.05, 0) is 11.1 Å². The van der Waals surface area contributed by atoms with Crippen LogP contribution in [0.15, 0.2) is 69.3 Å². The third-order valence-corrected chi connectivity index (χ3v) is 9.90. The molecule has 0 radical (unpaired) electrons. The number of nitrogens with one attached hydrogen (secondary N) is 1. The molecule has 0 bridgehead atoms. The molecule has 0 aliphatic heterocycles. The Hall–Kier alpha value is -3.27. The molecule has 2 aromatic heterocycles. The first kappa shape index (κ1) is 26.3. The van der Waals surface area contributed by atoms with E-state index in [4.69, 9.17) is 5.73 Å². The summed E-state index contributed by atoms with van der Waals surface area (Å²) in [6.07, 6.45) is 0. The Morgan fingerprint density at radius 3 is 1.66 bits per heavy atom. The Labute approximate surface area is 209 Å². The molecule has 0 saturated carbocycles. The lowest BCUT2D eigenvalue weighted by Crippen LogP contribution is -2.04. The molecule has 0 fully saturated rings. The molecule has 11 nitrogen and oxygen atoms in total. The van der Waals surface area contributed by atoms with Crippen LogP contribution in [0.4, 0.5) is 10.3 Å². The summed E-state index contributed by atoms with van der Waals surface area (Å²) in [5, 5.41) is 17.0. The molecule has 184 valence electrons. The van der Waals surface area contributed by atoms with Crippen molar-refractivity contribution in [1.29, 1.82) is 0 Å². The van der Waals surface area contributed by atoms with Crippen LogP contribution in [0.3, 0.4) is 0 Å². The molecule has 2 aromatic carbocycles. The summed E-state index contributed by atoms with van der Waals surface area (Å²) >= 11 is 1.73. The number of aromatic nitrogens is 4. The Balaban J connectivity index is 0.000000198. The van der Waals surface area contributed by atoms with Crippen LogP contribution in [0.5, 0.6) is 0 Å². The van der Waals surface area contributed by atoms with Gasteiger partial charge in [-0.1, -0.05) is 83.3 Å². The van der Waals surface area contributed by atoms with E-state index in [1.54, 1.807) is 48.5 Å². The number of nitrogens with two attached hydrogens (primary N) is 1. The SMILES string of the molecule is CC(=O)Nc1nnc(S(=O)(=O)Cc2ccccc2)s1.Nc1nnc(S(=O)(=O)Cc2ccccc2)s1. The highest BCUT2D eigenvalue weighted by atomic mass is 32.2. The smallest absolute Gasteiger partial charge is 0.234 e. The summed E-state index contributed by atoms with van der Waals surface area (Å²) in [5.41, 5.74) is 6.75. The molecule has 4 aromatic rings. The first-order valence-corrected chi connectivity index (χ1v) is 14.7. The highest BCUT2D eigenvalue weighted by Gasteiger charge is 2.21. The normalized spacial score (nSPS) is 11.3. The lowest BCUT2D eigenvalue weighted by atomic mass is 10.2. The number of nitrogen functional groups attached to an aromatic ring is 1. The summed E-state index contributed by atoms with van der Waals surface area (Å²) in [5.74, 6) is -0.534. The molecule has 0 unspecified atom stereocenters. The van der Waals surface area contributed by atoms with Gasteiger partial charge in [0, 0.05) is 6.92 Å². The van der Waals surface area contributed by atoms with Crippen molar-refractivity contribution in [3.63, 3.8) is 0 Å². The topological polar surface area (TPSA) is 175 Å². The van der Waals surface area contributed by atoms with Gasteiger partial charge < -0.3 is 11.1 Å². The van der Waals surface area contributed by atoms with Crippen LogP contribution in [-0.2, 0) is 36.0 Å². The van der Waals surface area contributed by atoms with Crippen molar-refractivity contribution in [2.75, 3.05) is 11.1 Å². The zero-order chi connectivity index (χ0) is 25.5. The first-order chi connectivity index (χ1) is 16.5. The molecule has 0 atom stereocenters. The molecule has 2 heterocycles. The van der Waals surface area contributed by atoms with E-state index >= 15 is 0 Å². The number of sulfone groups is 2. The van der Waals surface area contributed by atoms with E-state index in [1.165, 1.54) is 6.92 Å².